The molecule has 0 aliphatic carbocycles. The minimum absolute atomic E-state index is 0.0842. The molecule has 1 unspecified atom stereocenters. The van der Waals surface area contributed by atoms with E-state index in [9.17, 15) is 14.4 Å². The number of rotatable bonds is 43. The van der Waals surface area contributed by atoms with Gasteiger partial charge in [-0.25, -0.2) is 0 Å². The van der Waals surface area contributed by atoms with E-state index >= 15 is 0 Å². The number of esters is 3. The monoisotopic (exact) mass is 787 g/mol. The molecular weight excluding hydrogens is 697 g/mol. The SMILES string of the molecule is CCCC/C=C\C=C/CCCCCC(=O)OC(COC(=O)CCCCCC/C=C\CCCC)COC(=O)CCCCCCCCCCCCCCCCCCC. The molecule has 56 heavy (non-hydrogen) atoms. The second-order valence-corrected chi connectivity index (χ2v) is 16.0. The largest absolute Gasteiger partial charge is 0.462 e. The summed E-state index contributed by atoms with van der Waals surface area (Å²) < 4.78 is 16.7. The van der Waals surface area contributed by atoms with Crippen molar-refractivity contribution < 1.29 is 28.6 Å². The second kappa shape index (κ2) is 45.3. The van der Waals surface area contributed by atoms with Gasteiger partial charge in [0.2, 0.25) is 0 Å². The fourth-order valence-corrected chi connectivity index (χ4v) is 6.69. The Morgan fingerprint density at radius 2 is 0.661 bits per heavy atom. The molecule has 0 fully saturated rings. The number of carbonyl (C=O) groups excluding carboxylic acids is 3. The van der Waals surface area contributed by atoms with Crippen molar-refractivity contribution in [3.63, 3.8) is 0 Å². The van der Waals surface area contributed by atoms with Crippen molar-refractivity contribution in [2.45, 2.75) is 252 Å². The van der Waals surface area contributed by atoms with Gasteiger partial charge in [0, 0.05) is 19.3 Å². The maximum atomic E-state index is 12.7. The quantitative estimate of drug-likeness (QED) is 0.0201. The van der Waals surface area contributed by atoms with Crippen molar-refractivity contribution in [2.75, 3.05) is 13.2 Å². The van der Waals surface area contributed by atoms with Crippen molar-refractivity contribution in [1.29, 1.82) is 0 Å². The lowest BCUT2D eigenvalue weighted by Crippen LogP contribution is -2.30. The Morgan fingerprint density at radius 3 is 1.09 bits per heavy atom. The van der Waals surface area contributed by atoms with Crippen LogP contribution in [-0.4, -0.2) is 37.2 Å². The first kappa shape index (κ1) is 53.6. The van der Waals surface area contributed by atoms with Crippen LogP contribution in [-0.2, 0) is 28.6 Å². The predicted octanol–water partition coefficient (Wildman–Crippen LogP) is 15.4. The van der Waals surface area contributed by atoms with Crippen LogP contribution in [0.5, 0.6) is 0 Å². The zero-order valence-electron chi connectivity index (χ0n) is 37.2. The number of hydrogen-bond donors (Lipinski definition) is 0. The third-order valence-corrected chi connectivity index (χ3v) is 10.4. The Bertz CT molecular complexity index is 953. The topological polar surface area (TPSA) is 78.9 Å². The summed E-state index contributed by atoms with van der Waals surface area (Å²) in [5.74, 6) is -0.922. The molecule has 0 aliphatic rings. The number of allylic oxidation sites excluding steroid dienone is 6. The summed E-state index contributed by atoms with van der Waals surface area (Å²) >= 11 is 0. The standard InChI is InChI=1S/C50H90O6/c1-4-7-10-13-16-19-22-23-24-25-26-27-29-31-34-37-40-43-49(52)55-46-47(45-54-48(51)42-39-36-33-30-21-18-15-12-9-6-3)56-50(53)44-41-38-35-32-28-20-17-14-11-8-5-2/h14-15,17-18,20,28,47H,4-13,16,19,21-27,29-46H2,1-3H3/b17-14-,18-15-,28-20-. The smallest absolute Gasteiger partial charge is 0.306 e. The molecule has 0 saturated heterocycles. The van der Waals surface area contributed by atoms with Gasteiger partial charge in [-0.2, -0.15) is 0 Å². The molecule has 6 nitrogen and oxygen atoms in total. The Kier molecular flexibility index (Phi) is 43.4. The molecular formula is C50H90O6. The Hall–Kier alpha value is -2.37. The minimum Gasteiger partial charge on any atom is -0.462 e. The fraction of sp³-hybridized carbons (Fsp3) is 0.820. The minimum atomic E-state index is -0.784. The molecule has 326 valence electrons. The van der Waals surface area contributed by atoms with E-state index in [0.29, 0.717) is 19.3 Å². The lowest BCUT2D eigenvalue weighted by Gasteiger charge is -2.18. The average Bonchev–Trinajstić information content (AvgIpc) is 3.19. The van der Waals surface area contributed by atoms with Gasteiger partial charge in [0.05, 0.1) is 0 Å². The molecule has 0 bridgehead atoms. The molecule has 0 amide bonds. The highest BCUT2D eigenvalue weighted by molar-refractivity contribution is 5.71. The zero-order valence-corrected chi connectivity index (χ0v) is 37.2. The summed E-state index contributed by atoms with van der Waals surface area (Å²) in [6, 6.07) is 0. The molecule has 6 heteroatoms. The third kappa shape index (κ3) is 42.8. The summed E-state index contributed by atoms with van der Waals surface area (Å²) in [4.78, 5) is 37.7. The van der Waals surface area contributed by atoms with Gasteiger partial charge in [0.1, 0.15) is 13.2 Å². The Morgan fingerprint density at radius 1 is 0.357 bits per heavy atom. The van der Waals surface area contributed by atoms with Gasteiger partial charge in [-0.1, -0.05) is 205 Å². The van der Waals surface area contributed by atoms with E-state index in [0.717, 1.165) is 89.9 Å². The van der Waals surface area contributed by atoms with Crippen molar-refractivity contribution in [1.82, 2.24) is 0 Å². The highest BCUT2D eigenvalue weighted by Crippen LogP contribution is 2.15. The van der Waals surface area contributed by atoms with E-state index in [4.69, 9.17) is 14.2 Å². The van der Waals surface area contributed by atoms with E-state index in [1.807, 2.05) is 0 Å². The second-order valence-electron chi connectivity index (χ2n) is 16.0. The van der Waals surface area contributed by atoms with Crippen molar-refractivity contribution in [2.24, 2.45) is 0 Å². The number of ether oxygens (including phenoxy) is 3. The van der Waals surface area contributed by atoms with Crippen LogP contribution in [0, 0.1) is 0 Å². The summed E-state index contributed by atoms with van der Waals surface area (Å²) in [6.45, 7) is 6.52. The molecule has 0 heterocycles. The summed E-state index contributed by atoms with van der Waals surface area (Å²) in [6.07, 6.45) is 51.3. The first-order valence-electron chi connectivity index (χ1n) is 24.0. The van der Waals surface area contributed by atoms with Gasteiger partial charge in [-0.15, -0.1) is 0 Å². The molecule has 0 radical (unpaired) electrons. The number of carbonyl (C=O) groups is 3. The normalized spacial score (nSPS) is 12.3. The van der Waals surface area contributed by atoms with Crippen LogP contribution in [0.2, 0.25) is 0 Å². The van der Waals surface area contributed by atoms with Crippen LogP contribution in [0.3, 0.4) is 0 Å². The Balaban J connectivity index is 4.32. The van der Waals surface area contributed by atoms with Gasteiger partial charge in [-0.05, 0) is 57.8 Å². The summed E-state index contributed by atoms with van der Waals surface area (Å²) in [7, 11) is 0. The molecule has 0 aromatic carbocycles. The van der Waals surface area contributed by atoms with E-state index < -0.39 is 6.10 Å². The summed E-state index contributed by atoms with van der Waals surface area (Å²) in [5.41, 5.74) is 0. The predicted molar refractivity (Wildman–Crippen MR) is 238 cm³/mol. The van der Waals surface area contributed by atoms with Crippen molar-refractivity contribution in [3.8, 4) is 0 Å². The maximum absolute atomic E-state index is 12.7. The Labute approximate surface area is 346 Å². The van der Waals surface area contributed by atoms with Crippen LogP contribution in [0.15, 0.2) is 36.5 Å². The highest BCUT2D eigenvalue weighted by Gasteiger charge is 2.19. The number of unbranched alkanes of at least 4 members (excludes halogenated alkanes) is 27. The van der Waals surface area contributed by atoms with Gasteiger partial charge >= 0.3 is 17.9 Å². The van der Waals surface area contributed by atoms with Gasteiger partial charge < -0.3 is 14.2 Å². The third-order valence-electron chi connectivity index (χ3n) is 10.4. The molecule has 0 spiro atoms. The maximum Gasteiger partial charge on any atom is 0.306 e. The van der Waals surface area contributed by atoms with E-state index in [1.54, 1.807) is 0 Å². The first-order chi connectivity index (χ1) is 27.5. The van der Waals surface area contributed by atoms with Crippen molar-refractivity contribution >= 4 is 17.9 Å². The average molecular weight is 787 g/mol. The van der Waals surface area contributed by atoms with Crippen LogP contribution in [0.25, 0.3) is 0 Å². The van der Waals surface area contributed by atoms with Crippen molar-refractivity contribution in [3.05, 3.63) is 36.5 Å². The van der Waals surface area contributed by atoms with Gasteiger partial charge in [0.25, 0.3) is 0 Å². The zero-order chi connectivity index (χ0) is 40.8. The van der Waals surface area contributed by atoms with Crippen LogP contribution in [0.4, 0.5) is 0 Å². The molecule has 0 aromatic heterocycles. The molecule has 0 rings (SSSR count). The molecule has 0 N–H and O–H groups in total. The van der Waals surface area contributed by atoms with Gasteiger partial charge in [-0.3, -0.25) is 14.4 Å². The molecule has 1 atom stereocenters. The van der Waals surface area contributed by atoms with Gasteiger partial charge in [0.15, 0.2) is 6.10 Å². The first-order valence-corrected chi connectivity index (χ1v) is 24.0. The van der Waals surface area contributed by atoms with Crippen LogP contribution >= 0.6 is 0 Å². The fourth-order valence-electron chi connectivity index (χ4n) is 6.69. The van der Waals surface area contributed by atoms with Crippen LogP contribution < -0.4 is 0 Å². The molecule has 0 aromatic rings. The van der Waals surface area contributed by atoms with E-state index in [2.05, 4.69) is 57.2 Å². The van der Waals surface area contributed by atoms with Crippen LogP contribution in [0.1, 0.15) is 245 Å². The summed E-state index contributed by atoms with van der Waals surface area (Å²) in [5, 5.41) is 0. The molecule has 0 saturated carbocycles. The lowest BCUT2D eigenvalue weighted by atomic mass is 10.0. The van der Waals surface area contributed by atoms with E-state index in [-0.39, 0.29) is 31.1 Å². The lowest BCUT2D eigenvalue weighted by molar-refractivity contribution is -0.167. The van der Waals surface area contributed by atoms with E-state index in [1.165, 1.54) is 116 Å². The number of hydrogen-bond acceptors (Lipinski definition) is 6. The highest BCUT2D eigenvalue weighted by atomic mass is 16.6. The molecule has 0 aliphatic heterocycles.